The molecule has 0 bridgehead atoms. The van der Waals surface area contributed by atoms with E-state index >= 15 is 0 Å². The second-order valence-electron chi connectivity index (χ2n) is 5.07. The van der Waals surface area contributed by atoms with E-state index in [0.29, 0.717) is 0 Å². The van der Waals surface area contributed by atoms with Gasteiger partial charge < -0.3 is 10.6 Å². The number of allylic oxidation sites excluding steroid dienone is 1. The zero-order valence-corrected chi connectivity index (χ0v) is 11.8. The normalized spacial score (nSPS) is 14.3. The third-order valence-corrected chi connectivity index (χ3v) is 3.63. The predicted molar refractivity (Wildman–Crippen MR) is 79.3 cm³/mol. The number of urea groups is 1. The molecular formula is C16H22N2O. The van der Waals surface area contributed by atoms with Crippen LogP contribution in [-0.2, 0) is 6.42 Å². The maximum Gasteiger partial charge on any atom is 0.323 e. The van der Waals surface area contributed by atoms with E-state index in [1.165, 1.54) is 24.0 Å². The molecule has 3 nitrogen and oxygen atoms in total. The number of hydrogen-bond acceptors (Lipinski definition) is 1. The summed E-state index contributed by atoms with van der Waals surface area (Å²) >= 11 is 0. The Kier molecular flexibility index (Phi) is 4.61. The molecule has 1 fully saturated rings. The van der Waals surface area contributed by atoms with Gasteiger partial charge in [-0.2, -0.15) is 0 Å². The number of hydrogen-bond donors (Lipinski definition) is 2. The highest BCUT2D eigenvalue weighted by Crippen LogP contribution is 2.23. The number of rotatable bonds is 3. The summed E-state index contributed by atoms with van der Waals surface area (Å²) in [6.07, 6.45) is 7.50. The Balaban J connectivity index is 2.00. The number of amides is 2. The molecule has 0 aromatic heterocycles. The number of carbonyl (C=O) groups excluding carboxylic acids is 1. The molecule has 0 heterocycles. The molecule has 1 aliphatic carbocycles. The number of anilines is 1. The van der Waals surface area contributed by atoms with Crippen LogP contribution in [0.4, 0.5) is 10.5 Å². The van der Waals surface area contributed by atoms with Gasteiger partial charge in [0.2, 0.25) is 0 Å². The quantitative estimate of drug-likeness (QED) is 0.840. The number of para-hydroxylation sites is 1. The molecule has 19 heavy (non-hydrogen) atoms. The van der Waals surface area contributed by atoms with Crippen LogP contribution in [0, 0.1) is 6.92 Å². The summed E-state index contributed by atoms with van der Waals surface area (Å²) < 4.78 is 0. The van der Waals surface area contributed by atoms with Gasteiger partial charge in [-0.25, -0.2) is 4.79 Å². The summed E-state index contributed by atoms with van der Waals surface area (Å²) in [4.78, 5) is 11.9. The third kappa shape index (κ3) is 3.60. The fourth-order valence-electron chi connectivity index (χ4n) is 2.49. The van der Waals surface area contributed by atoms with Crippen LogP contribution in [-0.4, -0.2) is 6.03 Å². The summed E-state index contributed by atoms with van der Waals surface area (Å²) in [5.41, 5.74) is 4.55. The standard InChI is InChI=1S/C16H22N2O/c1-3-14-10-6-7-12(2)15(14)18-16(19)17-11-13-8-4-5-9-13/h6-7,10-11H,3-5,8-9H2,1-2H3,(H2,17,18,19). The second-order valence-corrected chi connectivity index (χ2v) is 5.07. The lowest BCUT2D eigenvalue weighted by molar-refractivity contribution is 0.255. The molecular weight excluding hydrogens is 236 g/mol. The maximum absolute atomic E-state index is 11.9. The zero-order valence-electron chi connectivity index (χ0n) is 11.8. The van der Waals surface area contributed by atoms with Crippen LogP contribution in [0.2, 0.25) is 0 Å². The molecule has 1 saturated carbocycles. The summed E-state index contributed by atoms with van der Waals surface area (Å²) in [6.45, 7) is 4.11. The van der Waals surface area contributed by atoms with Gasteiger partial charge in [0.1, 0.15) is 0 Å². The molecule has 102 valence electrons. The molecule has 2 N–H and O–H groups in total. The first kappa shape index (κ1) is 13.7. The van der Waals surface area contributed by atoms with Crippen LogP contribution in [0.15, 0.2) is 30.0 Å². The zero-order chi connectivity index (χ0) is 13.7. The molecule has 2 amide bonds. The van der Waals surface area contributed by atoms with Crippen LogP contribution >= 0.6 is 0 Å². The summed E-state index contributed by atoms with van der Waals surface area (Å²) in [7, 11) is 0. The number of carbonyl (C=O) groups is 1. The minimum Gasteiger partial charge on any atom is -0.314 e. The Bertz CT molecular complexity index is 484. The third-order valence-electron chi connectivity index (χ3n) is 3.63. The number of nitrogens with one attached hydrogen (secondary N) is 2. The van der Waals surface area contributed by atoms with Crippen molar-refractivity contribution in [1.29, 1.82) is 0 Å². The Morgan fingerprint density at radius 3 is 2.74 bits per heavy atom. The molecule has 0 aliphatic heterocycles. The summed E-state index contributed by atoms with van der Waals surface area (Å²) in [6, 6.07) is 5.95. The fraction of sp³-hybridized carbons (Fsp3) is 0.438. The topological polar surface area (TPSA) is 41.1 Å². The van der Waals surface area contributed by atoms with E-state index in [4.69, 9.17) is 0 Å². The lowest BCUT2D eigenvalue weighted by Gasteiger charge is -2.12. The minimum absolute atomic E-state index is 0.150. The van der Waals surface area contributed by atoms with Crippen LogP contribution < -0.4 is 10.6 Å². The Labute approximate surface area is 115 Å². The van der Waals surface area contributed by atoms with Crippen molar-refractivity contribution in [3.8, 4) is 0 Å². The fourth-order valence-corrected chi connectivity index (χ4v) is 2.49. The monoisotopic (exact) mass is 258 g/mol. The highest BCUT2D eigenvalue weighted by molar-refractivity contribution is 5.91. The first-order chi connectivity index (χ1) is 9.20. The van der Waals surface area contributed by atoms with Gasteiger partial charge in [-0.1, -0.05) is 30.7 Å². The molecule has 1 aliphatic rings. The van der Waals surface area contributed by atoms with Crippen LogP contribution in [0.1, 0.15) is 43.7 Å². The molecule has 0 radical (unpaired) electrons. The van der Waals surface area contributed by atoms with Gasteiger partial charge in [-0.15, -0.1) is 0 Å². The highest BCUT2D eigenvalue weighted by atomic mass is 16.2. The molecule has 0 saturated heterocycles. The van der Waals surface area contributed by atoms with Crippen molar-refractivity contribution in [1.82, 2.24) is 5.32 Å². The first-order valence-electron chi connectivity index (χ1n) is 7.04. The Hall–Kier alpha value is -1.77. The second kappa shape index (κ2) is 6.41. The van der Waals surface area contributed by atoms with E-state index in [2.05, 4.69) is 23.6 Å². The largest absolute Gasteiger partial charge is 0.323 e. The number of aryl methyl sites for hydroxylation is 2. The first-order valence-corrected chi connectivity index (χ1v) is 7.04. The van der Waals surface area contributed by atoms with Crippen LogP contribution in [0.5, 0.6) is 0 Å². The average molecular weight is 258 g/mol. The molecule has 3 heteroatoms. The molecule has 1 aromatic rings. The van der Waals surface area contributed by atoms with E-state index in [0.717, 1.165) is 30.5 Å². The van der Waals surface area contributed by atoms with E-state index in [-0.39, 0.29) is 6.03 Å². The van der Waals surface area contributed by atoms with Gasteiger partial charge in [-0.05, 0) is 50.2 Å². The lowest BCUT2D eigenvalue weighted by atomic mass is 10.1. The highest BCUT2D eigenvalue weighted by Gasteiger charge is 2.09. The summed E-state index contributed by atoms with van der Waals surface area (Å²) in [5.74, 6) is 0. The Morgan fingerprint density at radius 1 is 1.32 bits per heavy atom. The Morgan fingerprint density at radius 2 is 2.05 bits per heavy atom. The van der Waals surface area contributed by atoms with E-state index < -0.39 is 0 Å². The average Bonchev–Trinajstić information content (AvgIpc) is 2.92. The predicted octanol–water partition coefficient (Wildman–Crippen LogP) is 4.14. The minimum atomic E-state index is -0.150. The molecule has 1 aromatic carbocycles. The number of benzene rings is 1. The van der Waals surface area contributed by atoms with E-state index in [1.807, 2.05) is 25.3 Å². The van der Waals surface area contributed by atoms with Crippen molar-refractivity contribution < 1.29 is 4.79 Å². The molecule has 0 unspecified atom stereocenters. The molecule has 0 spiro atoms. The lowest BCUT2D eigenvalue weighted by Crippen LogP contribution is -2.25. The van der Waals surface area contributed by atoms with Crippen molar-refractivity contribution in [2.45, 2.75) is 46.0 Å². The molecule has 0 atom stereocenters. The SMILES string of the molecule is CCc1cccc(C)c1NC(=O)NC=C1CCCC1. The van der Waals surface area contributed by atoms with Gasteiger partial charge in [-0.3, -0.25) is 0 Å². The van der Waals surface area contributed by atoms with Crippen molar-refractivity contribution in [3.05, 3.63) is 41.1 Å². The van der Waals surface area contributed by atoms with Crippen LogP contribution in [0.3, 0.4) is 0 Å². The molecule has 2 rings (SSSR count). The smallest absolute Gasteiger partial charge is 0.314 e. The van der Waals surface area contributed by atoms with Gasteiger partial charge in [0.25, 0.3) is 0 Å². The van der Waals surface area contributed by atoms with Crippen LogP contribution in [0.25, 0.3) is 0 Å². The van der Waals surface area contributed by atoms with Gasteiger partial charge in [0.15, 0.2) is 0 Å². The van der Waals surface area contributed by atoms with Gasteiger partial charge >= 0.3 is 6.03 Å². The van der Waals surface area contributed by atoms with E-state index in [1.54, 1.807) is 0 Å². The van der Waals surface area contributed by atoms with E-state index in [9.17, 15) is 4.79 Å². The maximum atomic E-state index is 11.9. The van der Waals surface area contributed by atoms with Gasteiger partial charge in [0.05, 0.1) is 0 Å². The van der Waals surface area contributed by atoms with Gasteiger partial charge in [0, 0.05) is 11.9 Å². The van der Waals surface area contributed by atoms with Crippen molar-refractivity contribution in [2.24, 2.45) is 0 Å². The van der Waals surface area contributed by atoms with Crippen molar-refractivity contribution in [2.75, 3.05) is 5.32 Å². The van der Waals surface area contributed by atoms with Crippen molar-refractivity contribution >= 4 is 11.7 Å². The van der Waals surface area contributed by atoms with Crippen molar-refractivity contribution in [3.63, 3.8) is 0 Å². The summed E-state index contributed by atoms with van der Waals surface area (Å²) in [5, 5.41) is 5.80.